The van der Waals surface area contributed by atoms with Crippen LogP contribution in [0.4, 0.5) is 0 Å². The highest BCUT2D eigenvalue weighted by Crippen LogP contribution is 2.57. The number of halogens is 1. The third kappa shape index (κ3) is 4.76. The van der Waals surface area contributed by atoms with Crippen molar-refractivity contribution in [2.75, 3.05) is 0 Å². The molecule has 2 heteroatoms. The van der Waals surface area contributed by atoms with E-state index in [2.05, 4.69) is 160 Å². The molecule has 0 N–H and O–H groups in total. The fraction of sp³-hybridized carbons (Fsp3) is 0.171. The molecule has 0 bridgehead atoms. The molecule has 0 nitrogen and oxygen atoms in total. The summed E-state index contributed by atoms with van der Waals surface area (Å²) in [4.78, 5) is 0. The molecular weight excluding hydrogens is 556 g/mol. The highest BCUT2D eigenvalue weighted by atomic mass is 35.5. The van der Waals surface area contributed by atoms with Crippen molar-refractivity contribution in [1.82, 2.24) is 0 Å². The molecule has 3 aromatic rings. The Morgan fingerprint density at radius 3 is 1.44 bits per heavy atom. The largest absolute Gasteiger partial charge is 0.0843 e. The van der Waals surface area contributed by atoms with Crippen molar-refractivity contribution in [1.29, 1.82) is 0 Å². The normalized spacial score (nSPS) is 25.7. The lowest BCUT2D eigenvalue weighted by atomic mass is 9.67. The summed E-state index contributed by atoms with van der Waals surface area (Å²) in [5.74, 6) is 0.999. The van der Waals surface area contributed by atoms with E-state index in [0.717, 1.165) is 15.3 Å². The van der Waals surface area contributed by atoms with E-state index in [1.165, 1.54) is 50.1 Å². The molecule has 0 heterocycles. The highest BCUT2D eigenvalue weighted by molar-refractivity contribution is 6.30. The molecule has 4 aliphatic carbocycles. The van der Waals surface area contributed by atoms with Crippen molar-refractivity contribution in [2.45, 2.75) is 30.7 Å². The van der Waals surface area contributed by atoms with Gasteiger partial charge in [-0.25, -0.2) is 0 Å². The average molecular weight is 593 g/mol. The second-order valence-corrected chi connectivity index (χ2v) is 14.6. The Balaban J connectivity index is 1.43. The van der Waals surface area contributed by atoms with Gasteiger partial charge in [0.25, 0.3) is 0 Å². The summed E-state index contributed by atoms with van der Waals surface area (Å²) in [5.41, 5.74) is 12.7. The van der Waals surface area contributed by atoms with E-state index in [-0.39, 0.29) is 28.7 Å². The number of rotatable bonds is 5. The predicted octanol–water partition coefficient (Wildman–Crippen LogP) is 9.47. The van der Waals surface area contributed by atoms with Crippen molar-refractivity contribution in [2.24, 2.45) is 11.8 Å². The topological polar surface area (TPSA) is 0 Å². The number of hydrogen-bond acceptors (Lipinski definition) is 0. The minimum absolute atomic E-state index is 0.119. The van der Waals surface area contributed by atoms with Crippen molar-refractivity contribution >= 4 is 21.8 Å². The van der Waals surface area contributed by atoms with Gasteiger partial charge in [0, 0.05) is 44.0 Å². The van der Waals surface area contributed by atoms with Crippen LogP contribution in [0.1, 0.15) is 42.4 Å². The van der Waals surface area contributed by atoms with Crippen molar-refractivity contribution in [3.05, 3.63) is 201 Å². The van der Waals surface area contributed by atoms with Crippen LogP contribution in [0.5, 0.6) is 0 Å². The van der Waals surface area contributed by atoms with Crippen LogP contribution in [0.3, 0.4) is 0 Å². The molecule has 0 fully saturated rings. The molecule has 4 unspecified atom stereocenters. The first-order valence-corrected chi connectivity index (χ1v) is 16.7. The second kappa shape index (κ2) is 11.3. The summed E-state index contributed by atoms with van der Waals surface area (Å²) in [6, 6.07) is 30.7. The van der Waals surface area contributed by atoms with E-state index in [4.69, 9.17) is 11.6 Å². The van der Waals surface area contributed by atoms with Gasteiger partial charge < -0.3 is 0 Å². The van der Waals surface area contributed by atoms with Gasteiger partial charge in [-0.2, -0.15) is 0 Å². The number of hydrogen-bond donors (Lipinski definition) is 0. The first-order valence-electron chi connectivity index (χ1n) is 15.4. The maximum Gasteiger partial charge on any atom is 0.0406 e. The van der Waals surface area contributed by atoms with Crippen LogP contribution in [0.15, 0.2) is 179 Å². The van der Waals surface area contributed by atoms with Gasteiger partial charge in [-0.3, -0.25) is 0 Å². The third-order valence-corrected chi connectivity index (χ3v) is 12.0. The van der Waals surface area contributed by atoms with Gasteiger partial charge in [-0.05, 0) is 65.0 Å². The fourth-order valence-corrected chi connectivity index (χ4v) is 10.2. The van der Waals surface area contributed by atoms with Gasteiger partial charge in [0.2, 0.25) is 0 Å². The Labute approximate surface area is 264 Å². The maximum absolute atomic E-state index is 6.51. The molecule has 0 saturated carbocycles. The second-order valence-electron chi connectivity index (χ2n) is 12.5. The molecule has 0 amide bonds. The van der Waals surface area contributed by atoms with Gasteiger partial charge >= 0.3 is 0 Å². The van der Waals surface area contributed by atoms with Crippen LogP contribution in [0.2, 0.25) is 5.02 Å². The van der Waals surface area contributed by atoms with Crippen LogP contribution >= 0.6 is 11.6 Å². The first kappa shape index (κ1) is 27.9. The lowest BCUT2D eigenvalue weighted by Gasteiger charge is -2.45. The predicted molar refractivity (Wildman–Crippen MR) is 187 cm³/mol. The minimum Gasteiger partial charge on any atom is -0.0843 e. The van der Waals surface area contributed by atoms with Crippen molar-refractivity contribution in [3.63, 3.8) is 0 Å². The van der Waals surface area contributed by atoms with Crippen molar-refractivity contribution in [3.8, 4) is 0 Å². The van der Waals surface area contributed by atoms with E-state index in [9.17, 15) is 0 Å². The van der Waals surface area contributed by atoms with Gasteiger partial charge in [0.05, 0.1) is 0 Å². The summed E-state index contributed by atoms with van der Waals surface area (Å²) in [5, 5.41) is 0.668. The summed E-state index contributed by atoms with van der Waals surface area (Å²) in [6.45, 7) is 4.73. The molecule has 0 radical (unpaired) electrons. The van der Waals surface area contributed by atoms with E-state index in [1.54, 1.807) is 0 Å². The number of allylic oxidation sites excluding steroid dienone is 16. The molecule has 43 heavy (non-hydrogen) atoms. The first-order chi connectivity index (χ1) is 21.0. The van der Waals surface area contributed by atoms with Crippen LogP contribution in [0, 0.1) is 11.8 Å². The molecule has 0 aliphatic heterocycles. The number of benzene rings is 3. The van der Waals surface area contributed by atoms with Gasteiger partial charge in [0.1, 0.15) is 0 Å². The highest BCUT2D eigenvalue weighted by Gasteiger charge is 2.50. The Kier molecular flexibility index (Phi) is 7.33. The Morgan fingerprint density at radius 1 is 0.558 bits per heavy atom. The van der Waals surface area contributed by atoms with Crippen LogP contribution in [-0.4, -0.2) is 10.2 Å². The van der Waals surface area contributed by atoms with E-state index < -0.39 is 0 Å². The molecule has 0 saturated heterocycles. The molecular formula is C41H37ClSi. The monoisotopic (exact) mass is 592 g/mol. The smallest absolute Gasteiger partial charge is 0.0406 e. The Morgan fingerprint density at radius 2 is 1.00 bits per heavy atom. The summed E-state index contributed by atoms with van der Waals surface area (Å²) in [7, 11) is 0.960. The maximum atomic E-state index is 6.51. The Bertz CT molecular complexity index is 1680. The lowest BCUT2D eigenvalue weighted by Crippen LogP contribution is -2.44. The average Bonchev–Trinajstić information content (AvgIpc) is 3.35. The zero-order valence-electron chi connectivity index (χ0n) is 25.0. The molecule has 7 rings (SSSR count). The van der Waals surface area contributed by atoms with Crippen LogP contribution in [-0.2, 0) is 5.04 Å². The van der Waals surface area contributed by atoms with Gasteiger partial charge in [0.15, 0.2) is 0 Å². The zero-order valence-corrected chi connectivity index (χ0v) is 27.8. The minimum atomic E-state index is -0.119. The summed E-state index contributed by atoms with van der Waals surface area (Å²) >= 11 is 6.51. The van der Waals surface area contributed by atoms with Crippen LogP contribution in [0.25, 0.3) is 0 Å². The molecule has 212 valence electrons. The van der Waals surface area contributed by atoms with E-state index in [1.807, 2.05) is 0 Å². The standard InChI is InChI=1S/C41H37ClSi/c1-27-25-37-33(29-13-5-3-6-14-29)17-9-11-19-35(37)39(27)41(43,31-21-23-32(42)24-22-31)40-28(2)26-38-34(18-10-12-20-36(38)40)30-15-7-4-8-16-30/h3-26,33-34,39-40H,1-2,43H3. The summed E-state index contributed by atoms with van der Waals surface area (Å²) in [6.07, 6.45) is 23.5. The SMILES string of the molecule is CC1=CC2=C(C=CC=CC2c2ccccc2)C1C([SiH3])(c1ccc(Cl)cc1)C1C(C)=CC2=C1C=CC=CC2c1ccccc1. The van der Waals surface area contributed by atoms with Gasteiger partial charge in [-0.1, -0.05) is 156 Å². The quantitative estimate of drug-likeness (QED) is 0.259. The van der Waals surface area contributed by atoms with Crippen molar-refractivity contribution < 1.29 is 0 Å². The van der Waals surface area contributed by atoms with E-state index in [0.29, 0.717) is 0 Å². The fourth-order valence-electron chi connectivity index (χ4n) is 8.25. The molecule has 3 aromatic carbocycles. The van der Waals surface area contributed by atoms with Crippen LogP contribution < -0.4 is 0 Å². The molecule has 0 spiro atoms. The molecule has 0 aromatic heterocycles. The van der Waals surface area contributed by atoms with Gasteiger partial charge in [-0.15, -0.1) is 0 Å². The molecule has 4 aliphatic rings. The third-order valence-electron chi connectivity index (χ3n) is 10.00. The lowest BCUT2D eigenvalue weighted by molar-refractivity contribution is 0.406. The van der Waals surface area contributed by atoms with E-state index >= 15 is 0 Å². The summed E-state index contributed by atoms with van der Waals surface area (Å²) < 4.78 is 0. The molecule has 4 atom stereocenters. The zero-order chi connectivity index (χ0) is 29.6. The Hall–Kier alpha value is -3.91.